The second kappa shape index (κ2) is 10.6. The molecule has 4 nitrogen and oxygen atoms in total. The van der Waals surface area contributed by atoms with Gasteiger partial charge in [-0.15, -0.1) is 0 Å². The van der Waals surface area contributed by atoms with E-state index in [1.54, 1.807) is 12.1 Å². The van der Waals surface area contributed by atoms with Gasteiger partial charge in [0.15, 0.2) is 8.32 Å². The molecule has 198 valence electrons. The molecule has 2 aromatic rings. The van der Waals surface area contributed by atoms with Crippen LogP contribution in [0.1, 0.15) is 69.8 Å². The maximum absolute atomic E-state index is 14.6. The van der Waals surface area contributed by atoms with Gasteiger partial charge < -0.3 is 14.4 Å². The van der Waals surface area contributed by atoms with Gasteiger partial charge in [-0.05, 0) is 74.1 Å². The monoisotopic (exact) mass is 533 g/mol. The van der Waals surface area contributed by atoms with Crippen LogP contribution in [0.5, 0.6) is 0 Å². The van der Waals surface area contributed by atoms with E-state index in [1.165, 1.54) is 11.6 Å². The molecule has 3 rings (SSSR count). The number of hydrogen-bond acceptors (Lipinski definition) is 3. The summed E-state index contributed by atoms with van der Waals surface area (Å²) in [6.45, 7) is 17.1. The van der Waals surface area contributed by atoms with Crippen molar-refractivity contribution in [1.82, 2.24) is 4.90 Å². The van der Waals surface area contributed by atoms with Crippen molar-refractivity contribution in [2.24, 2.45) is 0 Å². The van der Waals surface area contributed by atoms with Crippen molar-refractivity contribution in [1.29, 1.82) is 0 Å². The van der Waals surface area contributed by atoms with E-state index in [0.29, 0.717) is 19.4 Å². The van der Waals surface area contributed by atoms with E-state index >= 15 is 0 Å². The number of carbonyl (C=O) groups is 1. The van der Waals surface area contributed by atoms with Crippen molar-refractivity contribution < 1.29 is 18.7 Å². The molecule has 1 N–H and O–H groups in total. The van der Waals surface area contributed by atoms with E-state index < -0.39 is 19.7 Å². The lowest BCUT2D eigenvalue weighted by Crippen LogP contribution is -2.52. The van der Waals surface area contributed by atoms with Gasteiger partial charge in [0.05, 0.1) is 30.7 Å². The number of aliphatic hydroxyl groups is 1. The van der Waals surface area contributed by atoms with Crippen LogP contribution in [0.4, 0.5) is 4.39 Å². The number of hydrogen-bond donors (Lipinski definition) is 1. The second-order valence-electron chi connectivity index (χ2n) is 12.3. The zero-order valence-corrected chi connectivity index (χ0v) is 24.7. The molecule has 0 bridgehead atoms. The summed E-state index contributed by atoms with van der Waals surface area (Å²) in [5, 5.41) is 10.8. The summed E-state index contributed by atoms with van der Waals surface area (Å²) >= 11 is 6.27. The summed E-state index contributed by atoms with van der Waals surface area (Å²) in [5.74, 6) is -0.640. The van der Waals surface area contributed by atoms with Gasteiger partial charge in [-0.3, -0.25) is 4.79 Å². The maximum atomic E-state index is 14.6. The van der Waals surface area contributed by atoms with E-state index in [2.05, 4.69) is 46.0 Å². The summed E-state index contributed by atoms with van der Waals surface area (Å²) in [6, 6.07) is 10.2. The Balaban J connectivity index is 2.01. The SMILES string of the molecule is C[C@H]1c2cccc(CC(C)(C)O)c2C[C@H](CO[Si](C)(C)C(C)(C)C)N1C(=O)Cc1c(F)cccc1Cl. The van der Waals surface area contributed by atoms with Crippen LogP contribution < -0.4 is 0 Å². The minimum atomic E-state index is -2.07. The Labute approximate surface area is 221 Å². The zero-order chi connectivity index (χ0) is 27.1. The lowest BCUT2D eigenvalue weighted by atomic mass is 9.83. The highest BCUT2D eigenvalue weighted by Gasteiger charge is 2.41. The van der Waals surface area contributed by atoms with Crippen LogP contribution in [-0.4, -0.2) is 42.5 Å². The lowest BCUT2D eigenvalue weighted by Gasteiger charge is -2.45. The molecular weight excluding hydrogens is 493 g/mol. The van der Waals surface area contributed by atoms with Gasteiger partial charge >= 0.3 is 0 Å². The molecule has 0 aliphatic carbocycles. The molecule has 1 aliphatic heterocycles. The van der Waals surface area contributed by atoms with Gasteiger partial charge in [0.2, 0.25) is 5.91 Å². The molecule has 7 heteroatoms. The van der Waals surface area contributed by atoms with Gasteiger partial charge in [0.1, 0.15) is 5.82 Å². The van der Waals surface area contributed by atoms with Crippen LogP contribution in [0.3, 0.4) is 0 Å². The number of rotatable bonds is 7. The van der Waals surface area contributed by atoms with Crippen LogP contribution in [-0.2, 0) is 28.5 Å². The highest BCUT2D eigenvalue weighted by atomic mass is 35.5. The number of nitrogens with zero attached hydrogens (tertiary/aromatic N) is 1. The first-order valence-corrected chi connectivity index (χ1v) is 16.0. The predicted octanol–water partition coefficient (Wildman–Crippen LogP) is 6.87. The molecule has 0 spiro atoms. The topological polar surface area (TPSA) is 49.8 Å². The molecule has 0 aromatic heterocycles. The Hall–Kier alpha value is -1.73. The van der Waals surface area contributed by atoms with E-state index in [1.807, 2.05) is 31.7 Å². The van der Waals surface area contributed by atoms with Crippen LogP contribution in [0.2, 0.25) is 23.2 Å². The van der Waals surface area contributed by atoms with E-state index in [0.717, 1.165) is 11.1 Å². The number of fused-ring (bicyclic) bond motifs is 1. The molecule has 2 aromatic carbocycles. The third kappa shape index (κ3) is 6.39. The zero-order valence-electron chi connectivity index (χ0n) is 22.9. The molecule has 0 radical (unpaired) electrons. The number of carbonyl (C=O) groups excluding carboxylic acids is 1. The molecule has 0 saturated heterocycles. The molecule has 1 amide bonds. The second-order valence-corrected chi connectivity index (χ2v) is 17.5. The first-order chi connectivity index (χ1) is 16.5. The van der Waals surface area contributed by atoms with Gasteiger partial charge in [-0.2, -0.15) is 0 Å². The molecular formula is C29H41ClFNO3Si. The Morgan fingerprint density at radius 2 is 1.81 bits per heavy atom. The van der Waals surface area contributed by atoms with Crippen molar-refractivity contribution in [2.75, 3.05) is 6.61 Å². The van der Waals surface area contributed by atoms with Crippen LogP contribution in [0.25, 0.3) is 0 Å². The highest BCUT2D eigenvalue weighted by molar-refractivity contribution is 6.74. The fourth-order valence-electron chi connectivity index (χ4n) is 4.75. The molecule has 0 saturated carbocycles. The summed E-state index contributed by atoms with van der Waals surface area (Å²) in [6.07, 6.45) is 1.04. The summed E-state index contributed by atoms with van der Waals surface area (Å²) in [4.78, 5) is 15.6. The minimum absolute atomic E-state index is 0.0345. The lowest BCUT2D eigenvalue weighted by molar-refractivity contribution is -0.137. The fraction of sp³-hybridized carbons (Fsp3) is 0.552. The van der Waals surface area contributed by atoms with Gasteiger partial charge in [-0.25, -0.2) is 4.39 Å². The van der Waals surface area contributed by atoms with E-state index in [4.69, 9.17) is 16.0 Å². The van der Waals surface area contributed by atoms with Crippen LogP contribution >= 0.6 is 11.6 Å². The van der Waals surface area contributed by atoms with Crippen molar-refractivity contribution in [3.8, 4) is 0 Å². The average Bonchev–Trinajstić information content (AvgIpc) is 2.73. The average molecular weight is 534 g/mol. The summed E-state index contributed by atoms with van der Waals surface area (Å²) < 4.78 is 21.2. The van der Waals surface area contributed by atoms with Crippen molar-refractivity contribution in [2.45, 2.75) is 96.6 Å². The largest absolute Gasteiger partial charge is 0.415 e. The van der Waals surface area contributed by atoms with E-state index in [9.17, 15) is 14.3 Å². The van der Waals surface area contributed by atoms with Gasteiger partial charge in [-0.1, -0.05) is 56.6 Å². The smallest absolute Gasteiger partial charge is 0.228 e. The first-order valence-electron chi connectivity index (χ1n) is 12.7. The Bertz CT molecular complexity index is 1090. The normalized spacial score (nSPS) is 18.8. The molecule has 36 heavy (non-hydrogen) atoms. The Morgan fingerprint density at radius 1 is 1.17 bits per heavy atom. The van der Waals surface area contributed by atoms with Crippen LogP contribution in [0, 0.1) is 5.82 Å². The molecule has 1 aliphatic rings. The van der Waals surface area contributed by atoms with Gasteiger partial charge in [0, 0.05) is 17.0 Å². The fourth-order valence-corrected chi connectivity index (χ4v) is 6.02. The summed E-state index contributed by atoms with van der Waals surface area (Å²) in [7, 11) is -2.07. The number of benzene rings is 2. The molecule has 1 heterocycles. The first kappa shape index (κ1) is 28.8. The highest BCUT2D eigenvalue weighted by Crippen LogP contribution is 2.40. The van der Waals surface area contributed by atoms with E-state index in [-0.39, 0.29) is 40.0 Å². The van der Waals surface area contributed by atoms with Crippen molar-refractivity contribution in [3.05, 3.63) is 69.5 Å². The molecule has 2 atom stereocenters. The minimum Gasteiger partial charge on any atom is -0.415 e. The summed E-state index contributed by atoms with van der Waals surface area (Å²) in [5.41, 5.74) is 2.70. The van der Waals surface area contributed by atoms with Gasteiger partial charge in [0.25, 0.3) is 0 Å². The quantitative estimate of drug-likeness (QED) is 0.395. The molecule has 0 fully saturated rings. The standard InChI is InChI=1S/C29H41ClFNO3Si/c1-19-22-12-9-11-20(17-29(5,6)34)23(22)15-21(18-35-36(7,8)28(2,3)4)32(19)27(33)16-24-25(30)13-10-14-26(24)31/h9-14,19,21,34H,15-18H2,1-8H3/t19-,21+/m0/s1. The predicted molar refractivity (Wildman–Crippen MR) is 147 cm³/mol. The number of amides is 1. The van der Waals surface area contributed by atoms with Crippen molar-refractivity contribution in [3.63, 3.8) is 0 Å². The van der Waals surface area contributed by atoms with Crippen molar-refractivity contribution >= 4 is 25.8 Å². The maximum Gasteiger partial charge on any atom is 0.228 e. The third-order valence-electron chi connectivity index (χ3n) is 7.75. The number of halogens is 2. The Morgan fingerprint density at radius 3 is 2.39 bits per heavy atom. The van der Waals surface area contributed by atoms with Crippen LogP contribution in [0.15, 0.2) is 36.4 Å². The molecule has 0 unspecified atom stereocenters. The Kier molecular flexibility index (Phi) is 8.46. The third-order valence-corrected chi connectivity index (χ3v) is 12.6.